The van der Waals surface area contributed by atoms with Gasteiger partial charge in [-0.25, -0.2) is 4.98 Å². The fourth-order valence-corrected chi connectivity index (χ4v) is 5.73. The Morgan fingerprint density at radius 1 is 1.17 bits per heavy atom. The van der Waals surface area contributed by atoms with Crippen molar-refractivity contribution in [2.75, 3.05) is 33.4 Å². The smallest absolute Gasteiger partial charge is 0.240 e. The maximum Gasteiger partial charge on any atom is 0.240 e. The van der Waals surface area contributed by atoms with Gasteiger partial charge in [0.2, 0.25) is 17.7 Å². The van der Waals surface area contributed by atoms with Gasteiger partial charge in [-0.2, -0.15) is 0 Å². The van der Waals surface area contributed by atoms with E-state index in [2.05, 4.69) is 4.98 Å². The number of benzene rings is 2. The molecule has 8 nitrogen and oxygen atoms in total. The van der Waals surface area contributed by atoms with Crippen molar-refractivity contribution in [3.8, 4) is 0 Å². The predicted octanol–water partition coefficient (Wildman–Crippen LogP) is 3.31. The Labute approximate surface area is 210 Å². The molecular formula is C28H32N4O4. The lowest BCUT2D eigenvalue weighted by Gasteiger charge is -2.35. The summed E-state index contributed by atoms with van der Waals surface area (Å²) in [6.45, 7) is 3.55. The van der Waals surface area contributed by atoms with Gasteiger partial charge in [-0.3, -0.25) is 19.3 Å². The van der Waals surface area contributed by atoms with E-state index in [0.29, 0.717) is 13.1 Å². The SMILES string of the molecule is COCCN1C(=O)C[C@](CC(=O)N2CCC[C@H](c3nc4ccccc4[nH]3)C2)(c2ccccc2C)C1=O. The van der Waals surface area contributed by atoms with Crippen LogP contribution in [0.1, 0.15) is 48.6 Å². The van der Waals surface area contributed by atoms with Crippen LogP contribution in [-0.2, 0) is 24.5 Å². The van der Waals surface area contributed by atoms with E-state index in [1.165, 1.54) is 12.0 Å². The molecule has 2 aliphatic heterocycles. The van der Waals surface area contributed by atoms with Crippen LogP contribution in [0.4, 0.5) is 0 Å². The summed E-state index contributed by atoms with van der Waals surface area (Å²) in [5.74, 6) is 0.322. The van der Waals surface area contributed by atoms with Gasteiger partial charge in [0.05, 0.1) is 29.6 Å². The molecule has 0 bridgehead atoms. The summed E-state index contributed by atoms with van der Waals surface area (Å²) in [6, 6.07) is 15.5. The number of fused-ring (bicyclic) bond motifs is 1. The zero-order valence-corrected chi connectivity index (χ0v) is 20.8. The third-order valence-electron chi connectivity index (χ3n) is 7.61. The van der Waals surface area contributed by atoms with Gasteiger partial charge in [0.15, 0.2) is 0 Å². The minimum atomic E-state index is -1.19. The van der Waals surface area contributed by atoms with Gasteiger partial charge in [0, 0.05) is 39.0 Å². The number of aromatic amines is 1. The number of likely N-dealkylation sites (tertiary alicyclic amines) is 2. The first kappa shape index (κ1) is 24.2. The highest BCUT2D eigenvalue weighted by Gasteiger charge is 2.54. The third kappa shape index (κ3) is 4.30. The number of nitrogens with one attached hydrogen (secondary N) is 1. The number of methoxy groups -OCH3 is 1. The van der Waals surface area contributed by atoms with E-state index in [4.69, 9.17) is 9.72 Å². The molecule has 2 fully saturated rings. The van der Waals surface area contributed by atoms with E-state index in [1.54, 1.807) is 0 Å². The summed E-state index contributed by atoms with van der Waals surface area (Å²) in [7, 11) is 1.54. The molecule has 2 aliphatic rings. The maximum absolute atomic E-state index is 13.8. The van der Waals surface area contributed by atoms with Crippen LogP contribution in [-0.4, -0.2) is 70.8 Å². The zero-order valence-electron chi connectivity index (χ0n) is 20.8. The summed E-state index contributed by atoms with van der Waals surface area (Å²) >= 11 is 0. The van der Waals surface area contributed by atoms with Gasteiger partial charge < -0.3 is 14.6 Å². The third-order valence-corrected chi connectivity index (χ3v) is 7.61. The van der Waals surface area contributed by atoms with Crippen LogP contribution < -0.4 is 0 Å². The predicted molar refractivity (Wildman–Crippen MR) is 135 cm³/mol. The second kappa shape index (κ2) is 9.85. The average Bonchev–Trinajstić information content (AvgIpc) is 3.42. The number of hydrogen-bond acceptors (Lipinski definition) is 5. The van der Waals surface area contributed by atoms with Gasteiger partial charge in [-0.15, -0.1) is 0 Å². The number of piperidine rings is 1. The number of hydrogen-bond donors (Lipinski definition) is 1. The number of imide groups is 1. The van der Waals surface area contributed by atoms with Gasteiger partial charge in [-0.1, -0.05) is 36.4 Å². The van der Waals surface area contributed by atoms with E-state index in [0.717, 1.165) is 40.8 Å². The van der Waals surface area contributed by atoms with E-state index in [-0.39, 0.29) is 49.6 Å². The molecule has 3 aromatic rings. The van der Waals surface area contributed by atoms with Gasteiger partial charge in [-0.05, 0) is 43.0 Å². The minimum absolute atomic E-state index is 0.00696. The average molecular weight is 489 g/mol. The second-order valence-electron chi connectivity index (χ2n) is 9.91. The van der Waals surface area contributed by atoms with Crippen molar-refractivity contribution in [1.29, 1.82) is 0 Å². The number of imidazole rings is 1. The lowest BCUT2D eigenvalue weighted by atomic mass is 9.73. The Bertz CT molecular complexity index is 1270. The van der Waals surface area contributed by atoms with E-state index >= 15 is 0 Å². The number of carbonyl (C=O) groups is 3. The fourth-order valence-electron chi connectivity index (χ4n) is 5.73. The molecule has 1 N–H and O–H groups in total. The van der Waals surface area contributed by atoms with Gasteiger partial charge >= 0.3 is 0 Å². The molecule has 8 heteroatoms. The molecular weight excluding hydrogens is 456 g/mol. The highest BCUT2D eigenvalue weighted by Crippen LogP contribution is 2.42. The summed E-state index contributed by atoms with van der Waals surface area (Å²) in [4.78, 5) is 51.8. The molecule has 5 rings (SSSR count). The summed E-state index contributed by atoms with van der Waals surface area (Å²) in [6.07, 6.45) is 1.76. The van der Waals surface area contributed by atoms with Crippen LogP contribution in [0.15, 0.2) is 48.5 Å². The second-order valence-corrected chi connectivity index (χ2v) is 9.91. The molecule has 0 saturated carbocycles. The molecule has 0 unspecified atom stereocenters. The number of ether oxygens (including phenoxy) is 1. The Morgan fingerprint density at radius 3 is 2.72 bits per heavy atom. The minimum Gasteiger partial charge on any atom is -0.383 e. The fraction of sp³-hybridized carbons (Fsp3) is 0.429. The van der Waals surface area contributed by atoms with Crippen LogP contribution in [0.2, 0.25) is 0 Å². The van der Waals surface area contributed by atoms with Gasteiger partial charge in [0.25, 0.3) is 0 Å². The number of aromatic nitrogens is 2. The van der Waals surface area contributed by atoms with Gasteiger partial charge in [0.1, 0.15) is 5.82 Å². The first-order valence-corrected chi connectivity index (χ1v) is 12.6. The lowest BCUT2D eigenvalue weighted by molar-refractivity contribution is -0.143. The topological polar surface area (TPSA) is 95.6 Å². The van der Waals surface area contributed by atoms with E-state index in [9.17, 15) is 14.4 Å². The number of para-hydroxylation sites is 2. The molecule has 2 saturated heterocycles. The molecule has 1 aromatic heterocycles. The van der Waals surface area contributed by atoms with Crippen molar-refractivity contribution in [2.24, 2.45) is 0 Å². The number of aryl methyl sites for hydroxylation is 1. The summed E-state index contributed by atoms with van der Waals surface area (Å²) < 4.78 is 5.12. The van der Waals surface area contributed by atoms with Crippen LogP contribution in [0.3, 0.4) is 0 Å². The number of rotatable bonds is 7. The molecule has 3 amide bonds. The summed E-state index contributed by atoms with van der Waals surface area (Å²) in [5, 5.41) is 0. The molecule has 0 radical (unpaired) electrons. The van der Waals surface area contributed by atoms with Crippen LogP contribution in [0, 0.1) is 6.92 Å². The zero-order chi connectivity index (χ0) is 25.3. The van der Waals surface area contributed by atoms with E-state index < -0.39 is 5.41 Å². The first-order chi connectivity index (χ1) is 17.4. The Kier molecular flexibility index (Phi) is 6.62. The van der Waals surface area contributed by atoms with Crippen molar-refractivity contribution in [3.63, 3.8) is 0 Å². The number of nitrogens with zero attached hydrogens (tertiary/aromatic N) is 3. The first-order valence-electron chi connectivity index (χ1n) is 12.6. The monoisotopic (exact) mass is 488 g/mol. The van der Waals surface area contributed by atoms with Crippen molar-refractivity contribution < 1.29 is 19.1 Å². The molecule has 36 heavy (non-hydrogen) atoms. The molecule has 188 valence electrons. The number of H-pyrrole nitrogens is 1. The summed E-state index contributed by atoms with van der Waals surface area (Å²) in [5.41, 5.74) is 2.36. The molecule has 2 aromatic carbocycles. The molecule has 2 atom stereocenters. The number of carbonyl (C=O) groups excluding carboxylic acids is 3. The lowest BCUT2D eigenvalue weighted by Crippen LogP contribution is -2.46. The van der Waals surface area contributed by atoms with Crippen LogP contribution >= 0.6 is 0 Å². The molecule has 3 heterocycles. The van der Waals surface area contributed by atoms with Crippen molar-refractivity contribution in [3.05, 3.63) is 65.5 Å². The van der Waals surface area contributed by atoms with Crippen molar-refractivity contribution in [2.45, 2.75) is 43.9 Å². The normalized spacial score (nSPS) is 22.6. The standard InChI is InChI=1S/C28H32N4O4/c1-19-8-3-4-10-21(19)28(17-25(34)32(27(28)35)14-15-36-2)16-24(33)31-13-7-9-20(18-31)26-29-22-11-5-6-12-23(22)30-26/h3-6,8,10-12,20H,7,9,13-18H2,1-2H3,(H,29,30)/t20-,28+/m0/s1. The van der Waals surface area contributed by atoms with Crippen molar-refractivity contribution in [1.82, 2.24) is 19.8 Å². The number of amides is 3. The van der Waals surface area contributed by atoms with Crippen LogP contribution in [0.5, 0.6) is 0 Å². The Balaban J connectivity index is 1.41. The Morgan fingerprint density at radius 2 is 1.94 bits per heavy atom. The van der Waals surface area contributed by atoms with Crippen molar-refractivity contribution >= 4 is 28.8 Å². The molecule has 0 aliphatic carbocycles. The molecule has 0 spiro atoms. The maximum atomic E-state index is 13.8. The largest absolute Gasteiger partial charge is 0.383 e. The highest BCUT2D eigenvalue weighted by atomic mass is 16.5. The van der Waals surface area contributed by atoms with E-state index in [1.807, 2.05) is 60.4 Å². The Hall–Kier alpha value is -3.52. The van der Waals surface area contributed by atoms with Crippen LogP contribution in [0.25, 0.3) is 11.0 Å². The highest BCUT2D eigenvalue weighted by molar-refractivity contribution is 6.11. The quantitative estimate of drug-likeness (QED) is 0.515.